The normalized spacial score (nSPS) is 11.6. The largest absolute Gasteiger partial charge is 0.496 e. The van der Waals surface area contributed by atoms with E-state index in [0.717, 1.165) is 31.6 Å². The zero-order chi connectivity index (χ0) is 27.0. The fraction of sp³-hybridized carbons (Fsp3) is 0.375. The predicted molar refractivity (Wildman–Crippen MR) is 163 cm³/mol. The third-order valence-electron chi connectivity index (χ3n) is 4.91. The number of thiocarbonyl (C=S) groups is 2. The molecular formula is C24H32Br2N6O3S2. The second kappa shape index (κ2) is 17.5. The van der Waals surface area contributed by atoms with Crippen LogP contribution >= 0.6 is 56.3 Å². The molecule has 13 heteroatoms. The van der Waals surface area contributed by atoms with Crippen LogP contribution in [0.15, 0.2) is 50.4 Å². The molecule has 0 aliphatic rings. The summed E-state index contributed by atoms with van der Waals surface area (Å²) in [6.45, 7) is 4.26. The highest BCUT2D eigenvalue weighted by molar-refractivity contribution is 9.10. The van der Waals surface area contributed by atoms with Crippen molar-refractivity contribution < 1.29 is 14.2 Å². The Morgan fingerprint density at radius 2 is 1.51 bits per heavy atom. The van der Waals surface area contributed by atoms with E-state index in [0.29, 0.717) is 42.9 Å². The molecule has 0 radical (unpaired) electrons. The van der Waals surface area contributed by atoms with Gasteiger partial charge in [0, 0.05) is 32.5 Å². The number of methoxy groups -OCH3 is 2. The third-order valence-corrected chi connectivity index (χ3v) is 6.63. The van der Waals surface area contributed by atoms with Gasteiger partial charge in [-0.05, 0) is 105 Å². The summed E-state index contributed by atoms with van der Waals surface area (Å²) < 4.78 is 17.8. The Bertz CT molecular complexity index is 1060. The van der Waals surface area contributed by atoms with E-state index in [2.05, 4.69) is 63.9 Å². The Kier molecular flexibility index (Phi) is 14.7. The van der Waals surface area contributed by atoms with Gasteiger partial charge in [0.05, 0.1) is 29.2 Å². The number of hydrogen-bond acceptors (Lipinski definition) is 7. The standard InChI is InChI=1S/C24H32Br2N6O3S2/c1-4-35-10-9-18(30-32-24(37)28-14-17-6-8-22(34-3)20(26)12-17)15-29-31-23(36)27-13-16-5-7-21(33-2)19(25)11-16/h5-8,11-12,15,18,30H,4,9-10,13-14H2,1-3H3,(H2,27,31,36)(H2,28,32,37)/b29-15-. The van der Waals surface area contributed by atoms with Crippen LogP contribution in [0.25, 0.3) is 0 Å². The van der Waals surface area contributed by atoms with E-state index in [-0.39, 0.29) is 6.04 Å². The molecule has 2 aromatic carbocycles. The van der Waals surface area contributed by atoms with Gasteiger partial charge in [-0.3, -0.25) is 10.9 Å². The van der Waals surface area contributed by atoms with Crippen molar-refractivity contribution in [2.24, 2.45) is 5.10 Å². The van der Waals surface area contributed by atoms with Crippen LogP contribution in [0.2, 0.25) is 0 Å². The molecule has 1 atom stereocenters. The van der Waals surface area contributed by atoms with Gasteiger partial charge in [0.2, 0.25) is 0 Å². The van der Waals surface area contributed by atoms with Crippen LogP contribution in [-0.4, -0.2) is 49.9 Å². The highest BCUT2D eigenvalue weighted by Gasteiger charge is 2.08. The molecule has 2 rings (SSSR count). The highest BCUT2D eigenvalue weighted by Crippen LogP contribution is 2.26. The van der Waals surface area contributed by atoms with Gasteiger partial charge >= 0.3 is 0 Å². The number of benzene rings is 2. The van der Waals surface area contributed by atoms with Gasteiger partial charge in [-0.25, -0.2) is 5.43 Å². The minimum Gasteiger partial charge on any atom is -0.496 e. The lowest BCUT2D eigenvalue weighted by molar-refractivity contribution is 0.141. The maximum atomic E-state index is 5.48. The number of nitrogens with one attached hydrogen (secondary N) is 5. The maximum absolute atomic E-state index is 5.48. The molecule has 0 bridgehead atoms. The van der Waals surface area contributed by atoms with Crippen LogP contribution in [-0.2, 0) is 17.8 Å². The van der Waals surface area contributed by atoms with Gasteiger partial charge in [-0.2, -0.15) is 5.10 Å². The molecule has 202 valence electrons. The lowest BCUT2D eigenvalue weighted by Gasteiger charge is -2.18. The molecule has 0 fully saturated rings. The second-order valence-corrected chi connectivity index (χ2v) is 10.1. The van der Waals surface area contributed by atoms with E-state index < -0.39 is 0 Å². The van der Waals surface area contributed by atoms with E-state index in [1.807, 2.05) is 43.3 Å². The smallest absolute Gasteiger partial charge is 0.187 e. The highest BCUT2D eigenvalue weighted by atomic mass is 79.9. The Morgan fingerprint density at radius 3 is 2.03 bits per heavy atom. The first kappa shape index (κ1) is 31.2. The first-order valence-electron chi connectivity index (χ1n) is 11.4. The van der Waals surface area contributed by atoms with Crippen LogP contribution in [0.5, 0.6) is 11.5 Å². The van der Waals surface area contributed by atoms with Gasteiger partial charge in [0.15, 0.2) is 10.2 Å². The summed E-state index contributed by atoms with van der Waals surface area (Å²) in [6.07, 6.45) is 2.40. The number of nitrogens with zero attached hydrogens (tertiary/aromatic N) is 1. The van der Waals surface area contributed by atoms with E-state index in [1.54, 1.807) is 20.4 Å². The first-order valence-corrected chi connectivity index (χ1v) is 13.9. The molecule has 2 aromatic rings. The first-order chi connectivity index (χ1) is 17.9. The summed E-state index contributed by atoms with van der Waals surface area (Å²) in [5.41, 5.74) is 11.1. The molecule has 0 heterocycles. The lowest BCUT2D eigenvalue weighted by Crippen LogP contribution is -2.49. The van der Waals surface area contributed by atoms with Crippen molar-refractivity contribution >= 4 is 72.7 Å². The molecule has 0 aromatic heterocycles. The summed E-state index contributed by atoms with van der Waals surface area (Å²) in [6, 6.07) is 11.5. The maximum Gasteiger partial charge on any atom is 0.187 e. The van der Waals surface area contributed by atoms with E-state index in [4.69, 9.17) is 38.6 Å². The molecule has 0 amide bonds. The number of hydrogen-bond donors (Lipinski definition) is 5. The minimum absolute atomic E-state index is 0.158. The van der Waals surface area contributed by atoms with Crippen molar-refractivity contribution in [1.29, 1.82) is 0 Å². The zero-order valence-corrected chi connectivity index (χ0v) is 25.7. The van der Waals surface area contributed by atoms with Crippen LogP contribution in [0.1, 0.15) is 24.5 Å². The lowest BCUT2D eigenvalue weighted by atomic mass is 10.2. The SMILES string of the molecule is CCOCCC(/C=N\NC(=S)NCc1ccc(OC)c(Br)c1)NNC(=S)NCc1ccc(OC)c(Br)c1. The van der Waals surface area contributed by atoms with Crippen LogP contribution < -0.4 is 36.4 Å². The molecule has 0 aliphatic carbocycles. The van der Waals surface area contributed by atoms with E-state index in [1.165, 1.54) is 0 Å². The Labute approximate surface area is 245 Å². The Morgan fingerprint density at radius 1 is 0.946 bits per heavy atom. The van der Waals surface area contributed by atoms with Crippen LogP contribution in [0.4, 0.5) is 0 Å². The average molecular weight is 677 g/mol. The molecule has 0 aliphatic heterocycles. The molecule has 37 heavy (non-hydrogen) atoms. The molecule has 1 unspecified atom stereocenters. The molecular weight excluding hydrogens is 644 g/mol. The van der Waals surface area contributed by atoms with Gasteiger partial charge in [-0.1, -0.05) is 12.1 Å². The predicted octanol–water partition coefficient (Wildman–Crippen LogP) is 4.14. The monoisotopic (exact) mass is 674 g/mol. The quantitative estimate of drug-likeness (QED) is 0.0870. The number of hydrazine groups is 1. The molecule has 0 spiro atoms. The molecule has 0 saturated heterocycles. The number of rotatable bonds is 14. The summed E-state index contributed by atoms with van der Waals surface area (Å²) in [7, 11) is 3.27. The fourth-order valence-electron chi connectivity index (χ4n) is 2.97. The topological polar surface area (TPSA) is 100 Å². The van der Waals surface area contributed by atoms with E-state index in [9.17, 15) is 0 Å². The van der Waals surface area contributed by atoms with Crippen LogP contribution in [0, 0.1) is 0 Å². The van der Waals surface area contributed by atoms with Gasteiger partial charge in [0.1, 0.15) is 11.5 Å². The summed E-state index contributed by atoms with van der Waals surface area (Å²) >= 11 is 17.7. The van der Waals surface area contributed by atoms with Crippen molar-refractivity contribution in [3.63, 3.8) is 0 Å². The summed E-state index contributed by atoms with van der Waals surface area (Å²) in [5, 5.41) is 11.4. The van der Waals surface area contributed by atoms with Gasteiger partial charge in [-0.15, -0.1) is 0 Å². The summed E-state index contributed by atoms with van der Waals surface area (Å²) in [4.78, 5) is 0. The Balaban J connectivity index is 1.79. The van der Waals surface area contributed by atoms with Crippen molar-refractivity contribution in [1.82, 2.24) is 26.9 Å². The fourth-order valence-corrected chi connectivity index (χ4v) is 4.40. The molecule has 5 N–H and O–H groups in total. The average Bonchev–Trinajstić information content (AvgIpc) is 2.89. The Hall–Kier alpha value is -2.03. The van der Waals surface area contributed by atoms with Crippen molar-refractivity contribution in [3.8, 4) is 11.5 Å². The molecule has 0 saturated carbocycles. The van der Waals surface area contributed by atoms with Gasteiger partial charge < -0.3 is 24.8 Å². The van der Waals surface area contributed by atoms with Crippen molar-refractivity contribution in [3.05, 3.63) is 56.5 Å². The number of halogens is 2. The minimum atomic E-state index is -0.158. The summed E-state index contributed by atoms with van der Waals surface area (Å²) in [5.74, 6) is 1.55. The molecule has 9 nitrogen and oxygen atoms in total. The number of ether oxygens (including phenoxy) is 3. The zero-order valence-electron chi connectivity index (χ0n) is 20.9. The van der Waals surface area contributed by atoms with Crippen molar-refractivity contribution in [2.75, 3.05) is 27.4 Å². The second-order valence-electron chi connectivity index (χ2n) is 7.55. The van der Waals surface area contributed by atoms with E-state index >= 15 is 0 Å². The van der Waals surface area contributed by atoms with Crippen LogP contribution in [0.3, 0.4) is 0 Å². The van der Waals surface area contributed by atoms with Gasteiger partial charge in [0.25, 0.3) is 0 Å². The third kappa shape index (κ3) is 11.9. The van der Waals surface area contributed by atoms with Crippen molar-refractivity contribution in [2.45, 2.75) is 32.5 Å². The number of hydrazone groups is 1.